The number of nitrogens with one attached hydrogen (secondary N) is 1. The molecule has 1 saturated heterocycles. The van der Waals surface area contributed by atoms with E-state index in [4.69, 9.17) is 21.1 Å². The van der Waals surface area contributed by atoms with Crippen molar-refractivity contribution in [1.29, 1.82) is 0 Å². The van der Waals surface area contributed by atoms with E-state index in [1.165, 1.54) is 0 Å². The maximum atomic E-state index is 6.29. The van der Waals surface area contributed by atoms with Crippen molar-refractivity contribution in [2.75, 3.05) is 37.5 Å². The Morgan fingerprint density at radius 2 is 1.96 bits per heavy atom. The fourth-order valence-electron chi connectivity index (χ4n) is 3.02. The van der Waals surface area contributed by atoms with Crippen LogP contribution < -0.4 is 19.7 Å². The lowest BCUT2D eigenvalue weighted by Gasteiger charge is -2.35. The van der Waals surface area contributed by atoms with E-state index >= 15 is 0 Å². The molecule has 1 aliphatic rings. The number of rotatable bonds is 5. The Labute approximate surface area is 147 Å². The highest BCUT2D eigenvalue weighted by Crippen LogP contribution is 2.29. The number of hydrogen-bond acceptors (Lipinski definition) is 5. The van der Waals surface area contributed by atoms with Gasteiger partial charge in [-0.1, -0.05) is 11.6 Å². The fraction of sp³-hybridized carbons (Fsp3) is 0.389. The van der Waals surface area contributed by atoms with Crippen LogP contribution in [0.25, 0.3) is 0 Å². The van der Waals surface area contributed by atoms with Crippen molar-refractivity contribution in [3.63, 3.8) is 0 Å². The number of methoxy groups -OCH3 is 2. The van der Waals surface area contributed by atoms with E-state index in [9.17, 15) is 0 Å². The van der Waals surface area contributed by atoms with Crippen molar-refractivity contribution in [1.82, 2.24) is 4.98 Å². The van der Waals surface area contributed by atoms with Crippen molar-refractivity contribution in [3.8, 4) is 11.5 Å². The van der Waals surface area contributed by atoms with Crippen LogP contribution in [0.4, 0.5) is 11.5 Å². The predicted octanol–water partition coefficient (Wildman–Crippen LogP) is 3.83. The Kier molecular flexibility index (Phi) is 5.30. The summed E-state index contributed by atoms with van der Waals surface area (Å²) in [5.41, 5.74) is 0.991. The monoisotopic (exact) mass is 347 g/mol. The Hall–Kier alpha value is -2.14. The normalized spacial score (nSPS) is 17.5. The predicted molar refractivity (Wildman–Crippen MR) is 97.7 cm³/mol. The topological polar surface area (TPSA) is 46.6 Å². The lowest BCUT2D eigenvalue weighted by molar-refractivity contribution is 0.394. The van der Waals surface area contributed by atoms with E-state index in [0.29, 0.717) is 11.1 Å². The molecule has 5 nitrogen and oxygen atoms in total. The highest BCUT2D eigenvalue weighted by atomic mass is 35.5. The van der Waals surface area contributed by atoms with Crippen LogP contribution in [-0.2, 0) is 0 Å². The standard InChI is InChI=1S/C18H22ClN3O2/c1-23-15-9-14(10-16(11-15)24-2)21-13-5-4-8-22(12-13)18-17(19)6-3-7-20-18/h3,6-7,9-11,13,21H,4-5,8,12H2,1-2H3. The zero-order chi connectivity index (χ0) is 16.9. The lowest BCUT2D eigenvalue weighted by Crippen LogP contribution is -2.42. The van der Waals surface area contributed by atoms with E-state index in [0.717, 1.165) is 48.9 Å². The summed E-state index contributed by atoms with van der Waals surface area (Å²) in [4.78, 5) is 6.66. The molecule has 0 radical (unpaired) electrons. The minimum atomic E-state index is 0.314. The molecule has 6 heteroatoms. The van der Waals surface area contributed by atoms with Gasteiger partial charge < -0.3 is 19.7 Å². The van der Waals surface area contributed by atoms with Crippen LogP contribution in [-0.4, -0.2) is 38.3 Å². The van der Waals surface area contributed by atoms with Gasteiger partial charge in [0.25, 0.3) is 0 Å². The molecule has 0 amide bonds. The van der Waals surface area contributed by atoms with Gasteiger partial charge in [-0.2, -0.15) is 0 Å². The second-order valence-electron chi connectivity index (χ2n) is 5.84. The van der Waals surface area contributed by atoms with E-state index in [2.05, 4.69) is 15.2 Å². The highest BCUT2D eigenvalue weighted by Gasteiger charge is 2.22. The summed E-state index contributed by atoms with van der Waals surface area (Å²) in [5, 5.41) is 4.27. The van der Waals surface area contributed by atoms with Gasteiger partial charge in [0.05, 0.1) is 19.2 Å². The maximum absolute atomic E-state index is 6.29. The van der Waals surface area contributed by atoms with Crippen molar-refractivity contribution < 1.29 is 9.47 Å². The van der Waals surface area contributed by atoms with Crippen LogP contribution in [0.2, 0.25) is 5.02 Å². The summed E-state index contributed by atoms with van der Waals surface area (Å²) >= 11 is 6.29. The lowest BCUT2D eigenvalue weighted by atomic mass is 10.1. The Balaban J connectivity index is 1.73. The van der Waals surface area contributed by atoms with E-state index in [1.54, 1.807) is 20.4 Å². The van der Waals surface area contributed by atoms with Crippen LogP contribution >= 0.6 is 11.6 Å². The van der Waals surface area contributed by atoms with E-state index in [1.807, 2.05) is 30.3 Å². The van der Waals surface area contributed by atoms with Gasteiger partial charge in [-0.15, -0.1) is 0 Å². The minimum absolute atomic E-state index is 0.314. The van der Waals surface area contributed by atoms with Gasteiger partial charge in [0, 0.05) is 49.2 Å². The summed E-state index contributed by atoms with van der Waals surface area (Å²) in [6.45, 7) is 1.83. The Morgan fingerprint density at radius 1 is 1.21 bits per heavy atom. The first-order chi connectivity index (χ1) is 11.7. The number of hydrogen-bond donors (Lipinski definition) is 1. The third-order valence-corrected chi connectivity index (χ3v) is 4.48. The minimum Gasteiger partial charge on any atom is -0.497 e. The first-order valence-corrected chi connectivity index (χ1v) is 8.42. The van der Waals surface area contributed by atoms with Crippen molar-refractivity contribution >= 4 is 23.1 Å². The largest absolute Gasteiger partial charge is 0.497 e. The number of aromatic nitrogens is 1. The number of halogens is 1. The number of piperidine rings is 1. The number of pyridine rings is 1. The van der Waals surface area contributed by atoms with Crippen molar-refractivity contribution in [2.45, 2.75) is 18.9 Å². The number of ether oxygens (including phenoxy) is 2. The zero-order valence-electron chi connectivity index (χ0n) is 14.0. The van der Waals surface area contributed by atoms with Crippen LogP contribution in [0.5, 0.6) is 11.5 Å². The summed E-state index contributed by atoms with van der Waals surface area (Å²) in [6.07, 6.45) is 3.97. The molecule has 1 N–H and O–H groups in total. The number of anilines is 2. The summed E-state index contributed by atoms with van der Waals surface area (Å²) < 4.78 is 10.7. The van der Waals surface area contributed by atoms with Gasteiger partial charge in [-0.05, 0) is 25.0 Å². The molecule has 3 rings (SSSR count). The van der Waals surface area contributed by atoms with Crippen molar-refractivity contribution in [3.05, 3.63) is 41.6 Å². The molecule has 0 aliphatic carbocycles. The van der Waals surface area contributed by atoms with E-state index in [-0.39, 0.29) is 0 Å². The van der Waals surface area contributed by atoms with Crippen LogP contribution in [0.15, 0.2) is 36.5 Å². The molecular weight excluding hydrogens is 326 g/mol. The second kappa shape index (κ2) is 7.62. The van der Waals surface area contributed by atoms with Crippen LogP contribution in [0, 0.1) is 0 Å². The molecule has 2 aromatic rings. The van der Waals surface area contributed by atoms with Crippen LogP contribution in [0.3, 0.4) is 0 Å². The Bertz CT molecular complexity index is 673. The quantitative estimate of drug-likeness (QED) is 0.890. The maximum Gasteiger partial charge on any atom is 0.147 e. The average Bonchev–Trinajstić information content (AvgIpc) is 2.62. The van der Waals surface area contributed by atoms with Gasteiger partial charge in [0.15, 0.2) is 0 Å². The third-order valence-electron chi connectivity index (χ3n) is 4.18. The molecule has 128 valence electrons. The second-order valence-corrected chi connectivity index (χ2v) is 6.25. The molecule has 1 aliphatic heterocycles. The van der Waals surface area contributed by atoms with Gasteiger partial charge >= 0.3 is 0 Å². The van der Waals surface area contributed by atoms with Gasteiger partial charge in [-0.3, -0.25) is 0 Å². The SMILES string of the molecule is COc1cc(NC2CCCN(c3ncccc3Cl)C2)cc(OC)c1. The smallest absolute Gasteiger partial charge is 0.147 e. The molecule has 1 unspecified atom stereocenters. The molecular formula is C18H22ClN3O2. The molecule has 24 heavy (non-hydrogen) atoms. The molecule has 0 saturated carbocycles. The van der Waals surface area contributed by atoms with E-state index < -0.39 is 0 Å². The molecule has 2 heterocycles. The molecule has 1 aromatic heterocycles. The average molecular weight is 348 g/mol. The van der Waals surface area contributed by atoms with Crippen LogP contribution in [0.1, 0.15) is 12.8 Å². The summed E-state index contributed by atoms with van der Waals surface area (Å²) in [6, 6.07) is 9.88. The molecule has 0 bridgehead atoms. The van der Waals surface area contributed by atoms with Gasteiger partial charge in [-0.25, -0.2) is 4.98 Å². The van der Waals surface area contributed by atoms with Gasteiger partial charge in [0.2, 0.25) is 0 Å². The fourth-order valence-corrected chi connectivity index (χ4v) is 3.26. The summed E-state index contributed by atoms with van der Waals surface area (Å²) in [5.74, 6) is 2.41. The van der Waals surface area contributed by atoms with Gasteiger partial charge in [0.1, 0.15) is 17.3 Å². The highest BCUT2D eigenvalue weighted by molar-refractivity contribution is 6.32. The molecule has 0 spiro atoms. The zero-order valence-corrected chi connectivity index (χ0v) is 14.7. The molecule has 1 fully saturated rings. The third kappa shape index (κ3) is 3.85. The van der Waals surface area contributed by atoms with Crippen molar-refractivity contribution in [2.24, 2.45) is 0 Å². The molecule has 1 atom stereocenters. The summed E-state index contributed by atoms with van der Waals surface area (Å²) in [7, 11) is 3.31. The molecule has 1 aromatic carbocycles. The first kappa shape index (κ1) is 16.7. The number of nitrogens with zero attached hydrogens (tertiary/aromatic N) is 2. The number of benzene rings is 1. The Morgan fingerprint density at radius 3 is 2.62 bits per heavy atom. The first-order valence-electron chi connectivity index (χ1n) is 8.04.